The summed E-state index contributed by atoms with van der Waals surface area (Å²) >= 11 is 7.80. The average Bonchev–Trinajstić information content (AvgIpc) is 3.08. The van der Waals surface area contributed by atoms with E-state index < -0.39 is 0 Å². The SMILES string of the molecule is COc1ccccc1Nc1nc(-c2sccc2Cl)nc2ccccc12. The van der Waals surface area contributed by atoms with E-state index in [9.17, 15) is 0 Å². The van der Waals surface area contributed by atoms with Crippen molar-refractivity contribution in [3.05, 3.63) is 65.0 Å². The second-order valence-corrected chi connectivity index (χ2v) is 6.66. The van der Waals surface area contributed by atoms with Crippen LogP contribution in [-0.2, 0) is 0 Å². The Kier molecular flexibility index (Phi) is 4.26. The monoisotopic (exact) mass is 367 g/mol. The Morgan fingerprint density at radius 2 is 1.80 bits per heavy atom. The van der Waals surface area contributed by atoms with Crippen LogP contribution >= 0.6 is 22.9 Å². The molecule has 0 aliphatic carbocycles. The number of halogens is 1. The van der Waals surface area contributed by atoms with E-state index in [1.165, 1.54) is 11.3 Å². The van der Waals surface area contributed by atoms with Crippen molar-refractivity contribution in [3.8, 4) is 16.5 Å². The smallest absolute Gasteiger partial charge is 0.173 e. The maximum Gasteiger partial charge on any atom is 0.173 e. The normalized spacial score (nSPS) is 10.8. The van der Waals surface area contributed by atoms with E-state index in [0.29, 0.717) is 10.8 Å². The zero-order valence-electron chi connectivity index (χ0n) is 13.4. The van der Waals surface area contributed by atoms with Crippen LogP contribution < -0.4 is 10.1 Å². The van der Waals surface area contributed by atoms with Crippen molar-refractivity contribution in [2.45, 2.75) is 0 Å². The highest BCUT2D eigenvalue weighted by atomic mass is 35.5. The van der Waals surface area contributed by atoms with E-state index in [2.05, 4.69) is 10.3 Å². The van der Waals surface area contributed by atoms with Crippen molar-refractivity contribution in [1.82, 2.24) is 9.97 Å². The summed E-state index contributed by atoms with van der Waals surface area (Å²) in [7, 11) is 1.65. The molecule has 0 saturated carbocycles. The minimum Gasteiger partial charge on any atom is -0.495 e. The number of hydrogen-bond donors (Lipinski definition) is 1. The molecule has 0 spiro atoms. The molecule has 2 aromatic heterocycles. The lowest BCUT2D eigenvalue weighted by atomic mass is 10.2. The van der Waals surface area contributed by atoms with Gasteiger partial charge in [-0.15, -0.1) is 11.3 Å². The van der Waals surface area contributed by atoms with Crippen LogP contribution in [0.25, 0.3) is 21.6 Å². The first kappa shape index (κ1) is 15.9. The summed E-state index contributed by atoms with van der Waals surface area (Å²) in [4.78, 5) is 10.2. The molecule has 0 atom stereocenters. The molecule has 6 heteroatoms. The van der Waals surface area contributed by atoms with Crippen LogP contribution in [-0.4, -0.2) is 17.1 Å². The fourth-order valence-electron chi connectivity index (χ4n) is 2.60. The Morgan fingerprint density at radius 3 is 2.60 bits per heavy atom. The van der Waals surface area contributed by atoms with E-state index in [1.807, 2.05) is 60.0 Å². The molecule has 0 saturated heterocycles. The molecule has 124 valence electrons. The van der Waals surface area contributed by atoms with E-state index in [4.69, 9.17) is 21.3 Å². The zero-order chi connectivity index (χ0) is 17.2. The Morgan fingerprint density at radius 1 is 1.00 bits per heavy atom. The summed E-state index contributed by atoms with van der Waals surface area (Å²) in [6.07, 6.45) is 0. The third-order valence-electron chi connectivity index (χ3n) is 3.78. The summed E-state index contributed by atoms with van der Waals surface area (Å²) < 4.78 is 5.43. The number of para-hydroxylation sites is 3. The van der Waals surface area contributed by atoms with Gasteiger partial charge in [0.05, 0.1) is 28.2 Å². The summed E-state index contributed by atoms with van der Waals surface area (Å²) in [6, 6.07) is 17.5. The molecule has 1 N–H and O–H groups in total. The molecule has 0 unspecified atom stereocenters. The second-order valence-electron chi connectivity index (χ2n) is 5.34. The molecule has 4 rings (SSSR count). The van der Waals surface area contributed by atoms with Gasteiger partial charge < -0.3 is 10.1 Å². The Hall–Kier alpha value is -2.63. The predicted octanol–water partition coefficient (Wildman–Crippen LogP) is 5.76. The first-order chi connectivity index (χ1) is 12.3. The molecule has 4 nitrogen and oxygen atoms in total. The number of rotatable bonds is 4. The highest BCUT2D eigenvalue weighted by Crippen LogP contribution is 2.35. The van der Waals surface area contributed by atoms with Gasteiger partial charge in [-0.1, -0.05) is 35.9 Å². The largest absolute Gasteiger partial charge is 0.495 e. The molecule has 0 amide bonds. The quantitative estimate of drug-likeness (QED) is 0.497. The average molecular weight is 368 g/mol. The summed E-state index contributed by atoms with van der Waals surface area (Å²) in [6.45, 7) is 0. The van der Waals surface area contributed by atoms with Crippen LogP contribution in [0.5, 0.6) is 5.75 Å². The van der Waals surface area contributed by atoms with Crippen LogP contribution in [0.15, 0.2) is 60.0 Å². The van der Waals surface area contributed by atoms with Gasteiger partial charge >= 0.3 is 0 Å². The number of nitrogens with zero attached hydrogens (tertiary/aromatic N) is 2. The lowest BCUT2D eigenvalue weighted by Gasteiger charge is -2.13. The number of ether oxygens (including phenoxy) is 1. The predicted molar refractivity (Wildman–Crippen MR) is 104 cm³/mol. The summed E-state index contributed by atoms with van der Waals surface area (Å²) in [5.74, 6) is 2.08. The number of benzene rings is 2. The van der Waals surface area contributed by atoms with Crippen molar-refractivity contribution in [1.29, 1.82) is 0 Å². The number of aromatic nitrogens is 2. The molecule has 0 aliphatic heterocycles. The van der Waals surface area contributed by atoms with Gasteiger partial charge in [-0.3, -0.25) is 0 Å². The molecule has 0 aliphatic rings. The molecule has 0 bridgehead atoms. The number of methoxy groups -OCH3 is 1. The van der Waals surface area contributed by atoms with Gasteiger partial charge in [0.25, 0.3) is 0 Å². The van der Waals surface area contributed by atoms with E-state index >= 15 is 0 Å². The number of fused-ring (bicyclic) bond motifs is 1. The third kappa shape index (κ3) is 3.04. The first-order valence-corrected chi connectivity index (χ1v) is 8.92. The number of nitrogens with one attached hydrogen (secondary N) is 1. The van der Waals surface area contributed by atoms with Gasteiger partial charge in [0.2, 0.25) is 0 Å². The maximum absolute atomic E-state index is 6.28. The molecule has 0 radical (unpaired) electrons. The lowest BCUT2D eigenvalue weighted by molar-refractivity contribution is 0.417. The fraction of sp³-hybridized carbons (Fsp3) is 0.0526. The molecular formula is C19H14ClN3OS. The molecule has 4 aromatic rings. The van der Waals surface area contributed by atoms with Gasteiger partial charge in [0.1, 0.15) is 11.6 Å². The highest BCUT2D eigenvalue weighted by Gasteiger charge is 2.14. The molecule has 25 heavy (non-hydrogen) atoms. The molecule has 0 fully saturated rings. The lowest BCUT2D eigenvalue weighted by Crippen LogP contribution is -2.00. The number of hydrogen-bond acceptors (Lipinski definition) is 5. The van der Waals surface area contributed by atoms with E-state index in [-0.39, 0.29) is 0 Å². The highest BCUT2D eigenvalue weighted by molar-refractivity contribution is 7.14. The van der Waals surface area contributed by atoms with Gasteiger partial charge in [-0.2, -0.15) is 0 Å². The minimum absolute atomic E-state index is 0.607. The Bertz CT molecular complexity index is 1050. The molecule has 2 aromatic carbocycles. The van der Waals surface area contributed by atoms with Crippen molar-refractivity contribution in [3.63, 3.8) is 0 Å². The van der Waals surface area contributed by atoms with Gasteiger partial charge in [0.15, 0.2) is 5.82 Å². The van der Waals surface area contributed by atoms with Gasteiger partial charge in [0, 0.05) is 5.39 Å². The fourth-order valence-corrected chi connectivity index (χ4v) is 3.68. The Balaban J connectivity index is 1.88. The summed E-state index contributed by atoms with van der Waals surface area (Å²) in [5.41, 5.74) is 1.70. The van der Waals surface area contributed by atoms with Crippen molar-refractivity contribution < 1.29 is 4.74 Å². The van der Waals surface area contributed by atoms with E-state index in [1.54, 1.807) is 7.11 Å². The minimum atomic E-state index is 0.607. The third-order valence-corrected chi connectivity index (χ3v) is 5.12. The second kappa shape index (κ2) is 6.70. The summed E-state index contributed by atoms with van der Waals surface area (Å²) in [5, 5.41) is 6.90. The van der Waals surface area contributed by atoms with Gasteiger partial charge in [-0.25, -0.2) is 9.97 Å². The van der Waals surface area contributed by atoms with Crippen LogP contribution in [0.3, 0.4) is 0 Å². The maximum atomic E-state index is 6.28. The van der Waals surface area contributed by atoms with Crippen LogP contribution in [0.4, 0.5) is 11.5 Å². The van der Waals surface area contributed by atoms with Crippen molar-refractivity contribution in [2.75, 3.05) is 12.4 Å². The Labute approximate surface area is 154 Å². The zero-order valence-corrected chi connectivity index (χ0v) is 14.9. The van der Waals surface area contributed by atoms with E-state index in [0.717, 1.165) is 33.0 Å². The standard InChI is InChI=1S/C19H14ClN3OS/c1-24-16-9-5-4-8-15(16)22-18-12-6-2-3-7-14(12)21-19(23-18)17-13(20)10-11-25-17/h2-11H,1H3,(H,21,22,23). The number of thiophene rings is 1. The molecular weight excluding hydrogens is 354 g/mol. The van der Waals surface area contributed by atoms with Crippen LogP contribution in [0.2, 0.25) is 5.02 Å². The molecule has 2 heterocycles. The van der Waals surface area contributed by atoms with Crippen LogP contribution in [0.1, 0.15) is 0 Å². The number of anilines is 2. The first-order valence-electron chi connectivity index (χ1n) is 7.66. The van der Waals surface area contributed by atoms with Crippen molar-refractivity contribution >= 4 is 45.3 Å². The van der Waals surface area contributed by atoms with Crippen LogP contribution in [0, 0.1) is 0 Å². The topological polar surface area (TPSA) is 47.0 Å². The van der Waals surface area contributed by atoms with Gasteiger partial charge in [-0.05, 0) is 35.7 Å². The van der Waals surface area contributed by atoms with Crippen molar-refractivity contribution in [2.24, 2.45) is 0 Å².